The maximum absolute atomic E-state index is 6.42. The van der Waals surface area contributed by atoms with Crippen LogP contribution in [0.2, 0.25) is 5.02 Å². The molecule has 1 rings (SSSR count). The predicted molar refractivity (Wildman–Crippen MR) is 90.7 cm³/mol. The molecule has 20 heavy (non-hydrogen) atoms. The van der Waals surface area contributed by atoms with Crippen LogP contribution in [0, 0.1) is 5.92 Å². The Morgan fingerprint density at radius 3 is 2.25 bits per heavy atom. The van der Waals surface area contributed by atoms with Gasteiger partial charge in [-0.2, -0.15) is 0 Å². The Hall–Kier alpha value is -0.730. The summed E-state index contributed by atoms with van der Waals surface area (Å²) in [5, 5.41) is 4.31. The third-order valence-electron chi connectivity index (χ3n) is 3.83. The van der Waals surface area contributed by atoms with Gasteiger partial charge in [0, 0.05) is 35.9 Å². The number of rotatable bonds is 5. The van der Waals surface area contributed by atoms with Crippen molar-refractivity contribution in [3.8, 4) is 0 Å². The fourth-order valence-corrected chi connectivity index (χ4v) is 2.18. The molecule has 0 bridgehead atoms. The molecule has 1 atom stereocenters. The highest BCUT2D eigenvalue weighted by Crippen LogP contribution is 2.26. The zero-order valence-corrected chi connectivity index (χ0v) is 14.7. The minimum atomic E-state index is 0.102. The molecule has 0 spiro atoms. The van der Waals surface area contributed by atoms with E-state index in [2.05, 4.69) is 77.0 Å². The average Bonchev–Trinajstić information content (AvgIpc) is 2.34. The van der Waals surface area contributed by atoms with Gasteiger partial charge in [-0.25, -0.2) is 0 Å². The zero-order valence-electron chi connectivity index (χ0n) is 13.9. The molecule has 0 aromatic heterocycles. The maximum Gasteiger partial charge on any atom is 0.0471 e. The van der Waals surface area contributed by atoms with E-state index in [1.165, 1.54) is 5.69 Å². The van der Waals surface area contributed by atoms with Gasteiger partial charge in [0.2, 0.25) is 0 Å². The van der Waals surface area contributed by atoms with Crippen molar-refractivity contribution < 1.29 is 0 Å². The van der Waals surface area contributed by atoms with Crippen LogP contribution in [-0.4, -0.2) is 18.6 Å². The van der Waals surface area contributed by atoms with E-state index >= 15 is 0 Å². The van der Waals surface area contributed by atoms with Gasteiger partial charge in [0.15, 0.2) is 0 Å². The molecule has 0 radical (unpaired) electrons. The summed E-state index contributed by atoms with van der Waals surface area (Å²) >= 11 is 6.42. The number of hydrogen-bond acceptors (Lipinski definition) is 2. The summed E-state index contributed by atoms with van der Waals surface area (Å²) in [5.41, 5.74) is 2.43. The summed E-state index contributed by atoms with van der Waals surface area (Å²) in [4.78, 5) is 2.29. The molecule has 1 N–H and O–H groups in total. The largest absolute Gasteiger partial charge is 0.372 e. The Morgan fingerprint density at radius 2 is 1.80 bits per heavy atom. The fourth-order valence-electron chi connectivity index (χ4n) is 1.94. The van der Waals surface area contributed by atoms with Crippen LogP contribution in [-0.2, 0) is 6.54 Å². The second kappa shape index (κ2) is 6.82. The predicted octanol–water partition coefficient (Wildman–Crippen LogP) is 4.71. The highest BCUT2D eigenvalue weighted by molar-refractivity contribution is 6.31. The lowest BCUT2D eigenvalue weighted by atomic mass is 10.0. The maximum atomic E-state index is 6.42. The first-order valence-electron chi connectivity index (χ1n) is 7.38. The van der Waals surface area contributed by atoms with E-state index in [-0.39, 0.29) is 5.54 Å². The van der Waals surface area contributed by atoms with Crippen LogP contribution < -0.4 is 10.2 Å². The standard InChI is InChI=1S/C17H29ClN2/c1-12(2)13(3)20(7)15-9-8-14(16(18)10-15)11-19-17(4,5)6/h8-10,12-13,19H,11H2,1-7H3. The van der Waals surface area contributed by atoms with E-state index < -0.39 is 0 Å². The van der Waals surface area contributed by atoms with Gasteiger partial charge < -0.3 is 10.2 Å². The molecule has 1 unspecified atom stereocenters. The van der Waals surface area contributed by atoms with Gasteiger partial charge in [-0.15, -0.1) is 0 Å². The molecule has 1 aromatic carbocycles. The Morgan fingerprint density at radius 1 is 1.20 bits per heavy atom. The van der Waals surface area contributed by atoms with Gasteiger partial charge in [0.25, 0.3) is 0 Å². The number of hydrogen-bond donors (Lipinski definition) is 1. The summed E-state index contributed by atoms with van der Waals surface area (Å²) in [6, 6.07) is 6.84. The van der Waals surface area contributed by atoms with E-state index in [1.54, 1.807) is 0 Å². The summed E-state index contributed by atoms with van der Waals surface area (Å²) in [6.45, 7) is 14.0. The highest BCUT2D eigenvalue weighted by atomic mass is 35.5. The van der Waals surface area contributed by atoms with E-state index in [1.807, 2.05) is 0 Å². The highest BCUT2D eigenvalue weighted by Gasteiger charge is 2.15. The van der Waals surface area contributed by atoms with Crippen LogP contribution in [0.4, 0.5) is 5.69 Å². The van der Waals surface area contributed by atoms with Crippen molar-refractivity contribution in [1.29, 1.82) is 0 Å². The first kappa shape index (κ1) is 17.3. The Bertz CT molecular complexity index is 435. The van der Waals surface area contributed by atoms with Crippen molar-refractivity contribution in [2.45, 2.75) is 59.7 Å². The molecule has 3 heteroatoms. The molecule has 0 saturated heterocycles. The van der Waals surface area contributed by atoms with E-state index in [9.17, 15) is 0 Å². The number of halogens is 1. The smallest absolute Gasteiger partial charge is 0.0471 e. The van der Waals surface area contributed by atoms with Gasteiger partial charge >= 0.3 is 0 Å². The topological polar surface area (TPSA) is 15.3 Å². The van der Waals surface area contributed by atoms with E-state index in [4.69, 9.17) is 11.6 Å². The molecular formula is C17H29ClN2. The quantitative estimate of drug-likeness (QED) is 0.846. The lowest BCUT2D eigenvalue weighted by molar-refractivity contribution is 0.424. The zero-order chi connectivity index (χ0) is 15.5. The summed E-state index contributed by atoms with van der Waals surface area (Å²) in [5.74, 6) is 0.612. The minimum absolute atomic E-state index is 0.102. The monoisotopic (exact) mass is 296 g/mol. The summed E-state index contributed by atoms with van der Waals surface area (Å²) in [7, 11) is 2.13. The molecule has 0 fully saturated rings. The van der Waals surface area contributed by atoms with E-state index in [0.717, 1.165) is 17.1 Å². The van der Waals surface area contributed by atoms with Crippen LogP contribution in [0.3, 0.4) is 0 Å². The van der Waals surface area contributed by atoms with Crippen molar-refractivity contribution in [2.75, 3.05) is 11.9 Å². The molecule has 1 aromatic rings. The number of anilines is 1. The van der Waals surface area contributed by atoms with Crippen LogP contribution >= 0.6 is 11.6 Å². The van der Waals surface area contributed by atoms with Gasteiger partial charge in [0.05, 0.1) is 0 Å². The second-order valence-electron chi connectivity index (χ2n) is 6.97. The Balaban J connectivity index is 2.82. The summed E-state index contributed by atoms with van der Waals surface area (Å²) in [6.07, 6.45) is 0. The second-order valence-corrected chi connectivity index (χ2v) is 7.38. The third kappa shape index (κ3) is 4.99. The van der Waals surface area contributed by atoms with Crippen molar-refractivity contribution in [1.82, 2.24) is 5.32 Å². The normalized spacial score (nSPS) is 13.7. The van der Waals surface area contributed by atoms with Crippen LogP contribution in [0.25, 0.3) is 0 Å². The number of nitrogens with one attached hydrogen (secondary N) is 1. The molecule has 0 saturated carbocycles. The molecule has 114 valence electrons. The number of nitrogens with zero attached hydrogens (tertiary/aromatic N) is 1. The lowest BCUT2D eigenvalue weighted by Gasteiger charge is -2.30. The lowest BCUT2D eigenvalue weighted by Crippen LogP contribution is -2.35. The first-order chi connectivity index (χ1) is 9.11. The van der Waals surface area contributed by atoms with E-state index in [0.29, 0.717) is 12.0 Å². The van der Waals surface area contributed by atoms with Crippen molar-refractivity contribution in [2.24, 2.45) is 5.92 Å². The molecule has 0 heterocycles. The fraction of sp³-hybridized carbons (Fsp3) is 0.647. The SMILES string of the molecule is CC(C)C(C)N(C)c1ccc(CNC(C)(C)C)c(Cl)c1. The Kier molecular flexibility index (Phi) is 5.91. The Labute approximate surface area is 129 Å². The molecule has 0 amide bonds. The van der Waals surface area contributed by atoms with Gasteiger partial charge in [0.1, 0.15) is 0 Å². The molecule has 0 aliphatic heterocycles. The molecule has 0 aliphatic carbocycles. The van der Waals surface area contributed by atoms with Crippen molar-refractivity contribution in [3.05, 3.63) is 28.8 Å². The van der Waals surface area contributed by atoms with Crippen molar-refractivity contribution in [3.63, 3.8) is 0 Å². The molecule has 2 nitrogen and oxygen atoms in total. The third-order valence-corrected chi connectivity index (χ3v) is 4.18. The van der Waals surface area contributed by atoms with Crippen LogP contribution in [0.5, 0.6) is 0 Å². The van der Waals surface area contributed by atoms with Crippen LogP contribution in [0.1, 0.15) is 47.1 Å². The molecule has 0 aliphatic rings. The van der Waals surface area contributed by atoms with Crippen LogP contribution in [0.15, 0.2) is 18.2 Å². The van der Waals surface area contributed by atoms with Gasteiger partial charge in [-0.3, -0.25) is 0 Å². The van der Waals surface area contributed by atoms with Crippen molar-refractivity contribution >= 4 is 17.3 Å². The number of benzene rings is 1. The average molecular weight is 297 g/mol. The van der Waals surface area contributed by atoms with Gasteiger partial charge in [-0.1, -0.05) is 31.5 Å². The van der Waals surface area contributed by atoms with Gasteiger partial charge in [-0.05, 0) is 51.3 Å². The minimum Gasteiger partial charge on any atom is -0.372 e. The summed E-state index contributed by atoms with van der Waals surface area (Å²) < 4.78 is 0. The first-order valence-corrected chi connectivity index (χ1v) is 7.76. The molecular weight excluding hydrogens is 268 g/mol.